The second-order valence-corrected chi connectivity index (χ2v) is 4.23. The average molecular weight is 255 g/mol. The van der Waals surface area contributed by atoms with Crippen molar-refractivity contribution in [3.05, 3.63) is 27.5 Å². The summed E-state index contributed by atoms with van der Waals surface area (Å²) in [7, 11) is 0. The molecule has 2 rings (SSSR count). The maximum atomic E-state index is 13.4. The van der Waals surface area contributed by atoms with E-state index in [-0.39, 0.29) is 10.0 Å². The summed E-state index contributed by atoms with van der Waals surface area (Å²) in [6.07, 6.45) is 2.15. The third-order valence-corrected chi connectivity index (χ3v) is 3.19. The van der Waals surface area contributed by atoms with Crippen molar-refractivity contribution in [3.63, 3.8) is 0 Å². The van der Waals surface area contributed by atoms with Gasteiger partial charge in [-0.25, -0.2) is 4.39 Å². The summed E-state index contributed by atoms with van der Waals surface area (Å²) >= 11 is 3.07. The summed E-state index contributed by atoms with van der Waals surface area (Å²) in [6, 6.07) is 3.39. The van der Waals surface area contributed by atoms with Gasteiger partial charge in [0.25, 0.3) is 0 Å². The van der Waals surface area contributed by atoms with Crippen LogP contribution in [0.4, 0.5) is 10.1 Å². The first kappa shape index (κ1) is 9.47. The fourth-order valence-corrected chi connectivity index (χ4v) is 1.92. The fraction of sp³-hybridized carbons (Fsp3) is 0.300. The molecular formula is C10H8BrFN2. The third-order valence-electron chi connectivity index (χ3n) is 2.41. The summed E-state index contributed by atoms with van der Waals surface area (Å²) in [4.78, 5) is 0. The molecule has 1 saturated carbocycles. The zero-order valence-corrected chi connectivity index (χ0v) is 8.94. The predicted octanol–water partition coefficient (Wildman–Crippen LogP) is 2.92. The topological polar surface area (TPSA) is 49.8 Å². The van der Waals surface area contributed by atoms with E-state index in [1.165, 1.54) is 0 Å². The lowest BCUT2D eigenvalue weighted by molar-refractivity contribution is 0.617. The standard InChI is InChI=1S/C10H8BrFN2/c11-8-9(12)6(4-13)3-7(10(8)14)5-1-2-5/h3,5H,1-2,14H2. The van der Waals surface area contributed by atoms with E-state index < -0.39 is 5.82 Å². The number of hydrogen-bond acceptors (Lipinski definition) is 2. The molecular weight excluding hydrogens is 247 g/mol. The van der Waals surface area contributed by atoms with Crippen molar-refractivity contribution in [3.8, 4) is 6.07 Å². The number of nitriles is 1. The Morgan fingerprint density at radius 1 is 1.57 bits per heavy atom. The molecule has 0 saturated heterocycles. The molecule has 2 nitrogen and oxygen atoms in total. The Hall–Kier alpha value is -1.08. The molecule has 2 N–H and O–H groups in total. The summed E-state index contributed by atoms with van der Waals surface area (Å²) in [5.41, 5.74) is 7.15. The largest absolute Gasteiger partial charge is 0.397 e. The summed E-state index contributed by atoms with van der Waals surface area (Å²) in [6.45, 7) is 0. The van der Waals surface area contributed by atoms with Gasteiger partial charge in [-0.2, -0.15) is 5.26 Å². The Bertz CT molecular complexity index is 433. The molecule has 0 aromatic heterocycles. The van der Waals surface area contributed by atoms with Crippen LogP contribution in [0.2, 0.25) is 0 Å². The minimum Gasteiger partial charge on any atom is -0.397 e. The molecule has 72 valence electrons. The van der Waals surface area contributed by atoms with Crippen LogP contribution in [0.3, 0.4) is 0 Å². The first-order valence-corrected chi connectivity index (χ1v) is 5.12. The zero-order valence-electron chi connectivity index (χ0n) is 7.35. The molecule has 0 spiro atoms. The SMILES string of the molecule is N#Cc1cc(C2CC2)c(N)c(Br)c1F. The summed E-state index contributed by atoms with van der Waals surface area (Å²) in [5, 5.41) is 8.71. The van der Waals surface area contributed by atoms with Gasteiger partial charge in [0.2, 0.25) is 0 Å². The lowest BCUT2D eigenvalue weighted by atomic mass is 10.0. The van der Waals surface area contributed by atoms with Gasteiger partial charge in [-0.15, -0.1) is 0 Å². The number of nitrogens with zero attached hydrogens (tertiary/aromatic N) is 1. The van der Waals surface area contributed by atoms with E-state index in [0.717, 1.165) is 18.4 Å². The minimum atomic E-state index is -0.561. The first-order chi connectivity index (χ1) is 6.65. The van der Waals surface area contributed by atoms with Crippen molar-refractivity contribution in [1.29, 1.82) is 5.26 Å². The van der Waals surface area contributed by atoms with E-state index in [9.17, 15) is 4.39 Å². The van der Waals surface area contributed by atoms with Gasteiger partial charge < -0.3 is 5.73 Å². The highest BCUT2D eigenvalue weighted by Crippen LogP contribution is 2.45. The molecule has 0 bridgehead atoms. The van der Waals surface area contributed by atoms with Crippen LogP contribution in [-0.4, -0.2) is 0 Å². The molecule has 4 heteroatoms. The highest BCUT2D eigenvalue weighted by Gasteiger charge is 2.28. The van der Waals surface area contributed by atoms with Gasteiger partial charge in [0.1, 0.15) is 6.07 Å². The zero-order chi connectivity index (χ0) is 10.3. The lowest BCUT2D eigenvalue weighted by Crippen LogP contribution is -1.99. The smallest absolute Gasteiger partial charge is 0.157 e. The average Bonchev–Trinajstić information content (AvgIpc) is 2.98. The molecule has 1 aromatic rings. The van der Waals surface area contributed by atoms with E-state index in [1.807, 2.05) is 6.07 Å². The first-order valence-electron chi connectivity index (χ1n) is 4.32. The molecule has 0 amide bonds. The molecule has 1 aliphatic rings. The van der Waals surface area contributed by atoms with Crippen molar-refractivity contribution < 1.29 is 4.39 Å². The van der Waals surface area contributed by atoms with Crippen molar-refractivity contribution in [2.45, 2.75) is 18.8 Å². The van der Waals surface area contributed by atoms with Crippen molar-refractivity contribution >= 4 is 21.6 Å². The summed E-state index contributed by atoms with van der Waals surface area (Å²) in [5.74, 6) is -0.145. The number of nitrogens with two attached hydrogens (primary N) is 1. The molecule has 1 fully saturated rings. The fourth-order valence-electron chi connectivity index (χ4n) is 1.47. The quantitative estimate of drug-likeness (QED) is 0.784. The van der Waals surface area contributed by atoms with Gasteiger partial charge in [-0.05, 0) is 46.3 Å². The number of hydrogen-bond donors (Lipinski definition) is 1. The number of anilines is 1. The Kier molecular flexibility index (Phi) is 2.20. The third kappa shape index (κ3) is 1.38. The van der Waals surface area contributed by atoms with Crippen molar-refractivity contribution in [1.82, 2.24) is 0 Å². The van der Waals surface area contributed by atoms with Gasteiger partial charge in [0.15, 0.2) is 5.82 Å². The number of benzene rings is 1. The Balaban J connectivity index is 2.63. The highest BCUT2D eigenvalue weighted by molar-refractivity contribution is 9.10. The molecule has 1 aliphatic carbocycles. The number of halogens is 2. The predicted molar refractivity (Wildman–Crippen MR) is 55.2 cm³/mol. The van der Waals surface area contributed by atoms with Gasteiger partial charge in [-0.3, -0.25) is 0 Å². The van der Waals surface area contributed by atoms with Gasteiger partial charge in [-0.1, -0.05) is 0 Å². The second kappa shape index (κ2) is 3.25. The van der Waals surface area contributed by atoms with E-state index >= 15 is 0 Å². The van der Waals surface area contributed by atoms with Crippen LogP contribution in [0, 0.1) is 17.1 Å². The second-order valence-electron chi connectivity index (χ2n) is 3.44. The van der Waals surface area contributed by atoms with E-state index in [0.29, 0.717) is 11.6 Å². The molecule has 14 heavy (non-hydrogen) atoms. The monoisotopic (exact) mass is 254 g/mol. The molecule has 1 aromatic carbocycles. The van der Waals surface area contributed by atoms with Crippen LogP contribution < -0.4 is 5.73 Å². The normalized spacial score (nSPS) is 15.2. The Morgan fingerprint density at radius 3 is 2.71 bits per heavy atom. The van der Waals surface area contributed by atoms with Gasteiger partial charge >= 0.3 is 0 Å². The summed E-state index contributed by atoms with van der Waals surface area (Å²) < 4.78 is 13.6. The van der Waals surface area contributed by atoms with Crippen LogP contribution in [0.5, 0.6) is 0 Å². The molecule has 0 unspecified atom stereocenters. The Morgan fingerprint density at radius 2 is 2.21 bits per heavy atom. The van der Waals surface area contributed by atoms with Crippen molar-refractivity contribution in [2.24, 2.45) is 0 Å². The number of nitrogen functional groups attached to an aromatic ring is 1. The van der Waals surface area contributed by atoms with Crippen LogP contribution in [-0.2, 0) is 0 Å². The molecule has 0 heterocycles. The molecule has 0 aliphatic heterocycles. The van der Waals surface area contributed by atoms with Crippen LogP contribution in [0.15, 0.2) is 10.5 Å². The van der Waals surface area contributed by atoms with Crippen LogP contribution in [0.25, 0.3) is 0 Å². The Labute approximate surface area is 89.7 Å². The maximum absolute atomic E-state index is 13.4. The van der Waals surface area contributed by atoms with Gasteiger partial charge in [0.05, 0.1) is 15.7 Å². The molecule has 0 radical (unpaired) electrons. The van der Waals surface area contributed by atoms with Crippen LogP contribution in [0.1, 0.15) is 29.9 Å². The van der Waals surface area contributed by atoms with Gasteiger partial charge in [0, 0.05) is 0 Å². The molecule has 0 atom stereocenters. The minimum absolute atomic E-state index is 0.0629. The maximum Gasteiger partial charge on any atom is 0.157 e. The van der Waals surface area contributed by atoms with E-state index in [4.69, 9.17) is 11.0 Å². The van der Waals surface area contributed by atoms with Crippen LogP contribution >= 0.6 is 15.9 Å². The highest BCUT2D eigenvalue weighted by atomic mass is 79.9. The number of rotatable bonds is 1. The van der Waals surface area contributed by atoms with E-state index in [2.05, 4.69) is 15.9 Å². The van der Waals surface area contributed by atoms with Crippen molar-refractivity contribution in [2.75, 3.05) is 5.73 Å². The van der Waals surface area contributed by atoms with E-state index in [1.54, 1.807) is 6.07 Å². The lowest BCUT2D eigenvalue weighted by Gasteiger charge is -2.08.